The Morgan fingerprint density at radius 1 is 1.11 bits per heavy atom. The number of non-ortho nitro benzene ring substituents is 1. The maximum absolute atomic E-state index is 10.3. The lowest BCUT2D eigenvalue weighted by Gasteiger charge is -1.96. The molecular formula is C13H15N3O2. The minimum atomic E-state index is -0.410. The summed E-state index contributed by atoms with van der Waals surface area (Å²) in [5.41, 5.74) is 6.48. The standard InChI is InChI=1S/C8H10N2O2.C5H5N/c9-6-5-7-1-3-8(4-2-7)10(11)12;1-2-4-6-5-3-1/h1-4H,5-6,9H2;1-5H. The normalized spacial score (nSPS) is 9.17. The summed E-state index contributed by atoms with van der Waals surface area (Å²) in [6.07, 6.45) is 4.26. The van der Waals surface area contributed by atoms with Gasteiger partial charge in [-0.25, -0.2) is 0 Å². The van der Waals surface area contributed by atoms with Crippen LogP contribution >= 0.6 is 0 Å². The molecule has 0 atom stereocenters. The maximum Gasteiger partial charge on any atom is 0.269 e. The van der Waals surface area contributed by atoms with E-state index in [4.69, 9.17) is 5.73 Å². The Morgan fingerprint density at radius 2 is 1.72 bits per heavy atom. The number of nitrogens with zero attached hydrogens (tertiary/aromatic N) is 2. The quantitative estimate of drug-likeness (QED) is 0.663. The Hall–Kier alpha value is -2.27. The van der Waals surface area contributed by atoms with Crippen LogP contribution in [-0.2, 0) is 6.42 Å². The third kappa shape index (κ3) is 5.18. The van der Waals surface area contributed by atoms with Crippen LogP contribution in [0.2, 0.25) is 0 Å². The van der Waals surface area contributed by atoms with Gasteiger partial charge >= 0.3 is 0 Å². The van der Waals surface area contributed by atoms with Gasteiger partial charge in [-0.15, -0.1) is 0 Å². The molecule has 0 unspecified atom stereocenters. The first-order chi connectivity index (χ1) is 8.74. The van der Waals surface area contributed by atoms with Gasteiger partial charge in [0, 0.05) is 24.5 Å². The Kier molecular flexibility index (Phi) is 6.07. The van der Waals surface area contributed by atoms with Crippen LogP contribution in [0.4, 0.5) is 5.69 Å². The molecule has 94 valence electrons. The van der Waals surface area contributed by atoms with Gasteiger partial charge in [0.25, 0.3) is 5.69 Å². The van der Waals surface area contributed by atoms with Gasteiger partial charge in [0.05, 0.1) is 4.92 Å². The Morgan fingerprint density at radius 3 is 2.06 bits per heavy atom. The number of benzene rings is 1. The summed E-state index contributed by atoms with van der Waals surface area (Å²) in [5, 5.41) is 10.3. The third-order valence-electron chi connectivity index (χ3n) is 2.15. The molecule has 2 N–H and O–H groups in total. The second-order valence-electron chi connectivity index (χ2n) is 3.49. The summed E-state index contributed by atoms with van der Waals surface area (Å²) in [6.45, 7) is 0.567. The lowest BCUT2D eigenvalue weighted by atomic mass is 10.1. The zero-order valence-corrected chi connectivity index (χ0v) is 9.90. The van der Waals surface area contributed by atoms with Crippen molar-refractivity contribution in [1.29, 1.82) is 0 Å². The fraction of sp³-hybridized carbons (Fsp3) is 0.154. The second kappa shape index (κ2) is 7.92. The van der Waals surface area contributed by atoms with Crippen molar-refractivity contribution in [3.05, 3.63) is 70.5 Å². The lowest BCUT2D eigenvalue weighted by molar-refractivity contribution is -0.384. The Balaban J connectivity index is 0.000000225. The molecule has 0 aliphatic heterocycles. The largest absolute Gasteiger partial charge is 0.330 e. The highest BCUT2D eigenvalue weighted by atomic mass is 16.6. The molecule has 1 aromatic carbocycles. The molecule has 0 fully saturated rings. The van der Waals surface area contributed by atoms with Gasteiger partial charge < -0.3 is 5.73 Å². The molecule has 5 nitrogen and oxygen atoms in total. The van der Waals surface area contributed by atoms with Crippen LogP contribution in [0.1, 0.15) is 5.56 Å². The molecule has 0 saturated carbocycles. The van der Waals surface area contributed by atoms with E-state index in [0.717, 1.165) is 12.0 Å². The summed E-state index contributed by atoms with van der Waals surface area (Å²) < 4.78 is 0. The average Bonchev–Trinajstić information content (AvgIpc) is 2.42. The van der Waals surface area contributed by atoms with E-state index in [0.29, 0.717) is 6.54 Å². The fourth-order valence-corrected chi connectivity index (χ4v) is 1.26. The number of hydrogen-bond donors (Lipinski definition) is 1. The molecule has 0 amide bonds. The predicted molar refractivity (Wildman–Crippen MR) is 70.1 cm³/mol. The number of hydrogen-bond acceptors (Lipinski definition) is 4. The summed E-state index contributed by atoms with van der Waals surface area (Å²) in [6, 6.07) is 12.2. The monoisotopic (exact) mass is 245 g/mol. The predicted octanol–water partition coefficient (Wildman–Crippen LogP) is 2.18. The topological polar surface area (TPSA) is 82.0 Å². The van der Waals surface area contributed by atoms with Crippen molar-refractivity contribution in [2.75, 3.05) is 6.54 Å². The molecule has 0 radical (unpaired) electrons. The molecular weight excluding hydrogens is 230 g/mol. The highest BCUT2D eigenvalue weighted by molar-refractivity contribution is 5.32. The lowest BCUT2D eigenvalue weighted by Crippen LogP contribution is -2.02. The first-order valence-corrected chi connectivity index (χ1v) is 5.52. The summed E-state index contributed by atoms with van der Waals surface area (Å²) in [4.78, 5) is 13.6. The molecule has 0 aliphatic carbocycles. The van der Waals surface area contributed by atoms with E-state index >= 15 is 0 Å². The number of pyridine rings is 1. The third-order valence-corrected chi connectivity index (χ3v) is 2.15. The van der Waals surface area contributed by atoms with Crippen LogP contribution in [0.25, 0.3) is 0 Å². The molecule has 1 heterocycles. The van der Waals surface area contributed by atoms with Crippen molar-refractivity contribution in [1.82, 2.24) is 4.98 Å². The van der Waals surface area contributed by atoms with E-state index in [1.165, 1.54) is 12.1 Å². The van der Waals surface area contributed by atoms with E-state index in [-0.39, 0.29) is 5.69 Å². The van der Waals surface area contributed by atoms with E-state index in [9.17, 15) is 10.1 Å². The van der Waals surface area contributed by atoms with Crippen molar-refractivity contribution in [2.45, 2.75) is 6.42 Å². The number of rotatable bonds is 3. The van der Waals surface area contributed by atoms with Gasteiger partial charge in [-0.05, 0) is 30.7 Å². The minimum Gasteiger partial charge on any atom is -0.330 e. The van der Waals surface area contributed by atoms with Gasteiger partial charge in [0.2, 0.25) is 0 Å². The minimum absolute atomic E-state index is 0.121. The number of nitro benzene ring substituents is 1. The van der Waals surface area contributed by atoms with Gasteiger partial charge in [-0.1, -0.05) is 18.2 Å². The number of nitro groups is 1. The second-order valence-corrected chi connectivity index (χ2v) is 3.49. The van der Waals surface area contributed by atoms with Gasteiger partial charge in [-0.3, -0.25) is 15.1 Å². The molecule has 0 spiro atoms. The molecule has 0 aliphatic rings. The van der Waals surface area contributed by atoms with Crippen LogP contribution < -0.4 is 5.73 Å². The molecule has 1 aromatic heterocycles. The van der Waals surface area contributed by atoms with E-state index in [2.05, 4.69) is 4.98 Å². The Labute approximate surface area is 105 Å². The van der Waals surface area contributed by atoms with Gasteiger partial charge in [-0.2, -0.15) is 0 Å². The molecule has 5 heteroatoms. The van der Waals surface area contributed by atoms with Crippen LogP contribution in [0, 0.1) is 10.1 Å². The van der Waals surface area contributed by atoms with Crippen molar-refractivity contribution in [3.63, 3.8) is 0 Å². The molecule has 0 bridgehead atoms. The summed E-state index contributed by atoms with van der Waals surface area (Å²) in [5.74, 6) is 0. The number of nitrogens with two attached hydrogens (primary N) is 1. The molecule has 2 rings (SSSR count). The smallest absolute Gasteiger partial charge is 0.269 e. The first-order valence-electron chi connectivity index (χ1n) is 5.52. The first kappa shape index (κ1) is 13.8. The van der Waals surface area contributed by atoms with E-state index in [1.807, 2.05) is 18.2 Å². The molecule has 18 heavy (non-hydrogen) atoms. The van der Waals surface area contributed by atoms with Crippen LogP contribution in [-0.4, -0.2) is 16.5 Å². The summed E-state index contributed by atoms with van der Waals surface area (Å²) in [7, 11) is 0. The van der Waals surface area contributed by atoms with Gasteiger partial charge in [0.15, 0.2) is 0 Å². The van der Waals surface area contributed by atoms with Gasteiger partial charge in [0.1, 0.15) is 0 Å². The van der Waals surface area contributed by atoms with Crippen molar-refractivity contribution in [2.24, 2.45) is 5.73 Å². The SMILES string of the molecule is NCCc1ccc([N+](=O)[O-])cc1.c1ccncc1. The van der Waals surface area contributed by atoms with Crippen molar-refractivity contribution in [3.8, 4) is 0 Å². The zero-order valence-electron chi connectivity index (χ0n) is 9.90. The number of aromatic nitrogens is 1. The highest BCUT2D eigenvalue weighted by Gasteiger charge is 2.02. The zero-order chi connectivity index (χ0) is 13.2. The summed E-state index contributed by atoms with van der Waals surface area (Å²) >= 11 is 0. The average molecular weight is 245 g/mol. The fourth-order valence-electron chi connectivity index (χ4n) is 1.26. The van der Waals surface area contributed by atoms with Crippen LogP contribution in [0.5, 0.6) is 0 Å². The maximum atomic E-state index is 10.3. The van der Waals surface area contributed by atoms with Crippen molar-refractivity contribution >= 4 is 5.69 Å². The van der Waals surface area contributed by atoms with Crippen LogP contribution in [0.3, 0.4) is 0 Å². The highest BCUT2D eigenvalue weighted by Crippen LogP contribution is 2.11. The molecule has 0 saturated heterocycles. The van der Waals surface area contributed by atoms with Crippen LogP contribution in [0.15, 0.2) is 54.9 Å². The molecule has 2 aromatic rings. The van der Waals surface area contributed by atoms with E-state index in [1.54, 1.807) is 24.5 Å². The van der Waals surface area contributed by atoms with E-state index < -0.39 is 4.92 Å². The van der Waals surface area contributed by atoms with Crippen molar-refractivity contribution < 1.29 is 4.92 Å². The Bertz CT molecular complexity index is 431.